The minimum atomic E-state index is -1.94. The summed E-state index contributed by atoms with van der Waals surface area (Å²) in [7, 11) is 0. The van der Waals surface area contributed by atoms with Crippen molar-refractivity contribution in [3.05, 3.63) is 23.3 Å². The van der Waals surface area contributed by atoms with E-state index in [1.54, 1.807) is 6.08 Å². The molecule has 0 aromatic rings. The molecule has 1 unspecified atom stereocenters. The third-order valence-electron chi connectivity index (χ3n) is 1.66. The van der Waals surface area contributed by atoms with Crippen LogP contribution in [-0.4, -0.2) is 14.5 Å². The molecule has 0 aliphatic rings. The first-order valence-corrected chi connectivity index (χ1v) is 5.61. The van der Waals surface area contributed by atoms with Gasteiger partial charge in [0.1, 0.15) is 0 Å². The molecule has 2 nitrogen and oxygen atoms in total. The maximum absolute atomic E-state index is 10.2. The second kappa shape index (κ2) is 7.04. The summed E-state index contributed by atoms with van der Waals surface area (Å²) in [4.78, 5) is 0. The highest BCUT2D eigenvalue weighted by Crippen LogP contribution is 2.06. The Morgan fingerprint density at radius 2 is 1.92 bits per heavy atom. The van der Waals surface area contributed by atoms with Gasteiger partial charge in [0.25, 0.3) is 0 Å². The summed E-state index contributed by atoms with van der Waals surface area (Å²) in [6, 6.07) is 0. The fraction of sp³-hybridized carbons (Fsp3) is 0.600. The van der Waals surface area contributed by atoms with E-state index in [1.165, 1.54) is 5.57 Å². The van der Waals surface area contributed by atoms with Gasteiger partial charge in [-0.25, -0.2) is 0 Å². The zero-order valence-corrected chi connectivity index (χ0v) is 9.32. The molecular weight excluding hydrogens is 184 g/mol. The summed E-state index contributed by atoms with van der Waals surface area (Å²) in [5, 5.41) is 0. The molecule has 0 saturated heterocycles. The molecule has 0 fully saturated rings. The molecule has 0 aromatic carbocycles. The first-order valence-electron chi connectivity index (χ1n) is 4.37. The Balaban J connectivity index is 3.73. The van der Waals surface area contributed by atoms with E-state index in [9.17, 15) is 8.76 Å². The minimum absolute atomic E-state index is 0.140. The zero-order valence-electron chi connectivity index (χ0n) is 8.50. The van der Waals surface area contributed by atoms with Gasteiger partial charge in [-0.05, 0) is 33.6 Å². The number of hydrogen-bond donors (Lipinski definition) is 0. The van der Waals surface area contributed by atoms with Crippen LogP contribution in [0.4, 0.5) is 0 Å². The van der Waals surface area contributed by atoms with Crippen molar-refractivity contribution in [1.29, 1.82) is 0 Å². The fourth-order valence-corrected chi connectivity index (χ4v) is 1.32. The third kappa shape index (κ3) is 9.50. The molecule has 1 atom stereocenters. The van der Waals surface area contributed by atoms with Crippen LogP contribution in [0.15, 0.2) is 23.3 Å². The van der Waals surface area contributed by atoms with E-state index >= 15 is 0 Å². The van der Waals surface area contributed by atoms with Crippen molar-refractivity contribution in [2.75, 3.05) is 5.75 Å². The van der Waals surface area contributed by atoms with Crippen LogP contribution < -0.4 is 0 Å². The SMILES string of the molecule is CC(C)=CCCC(C)=CCS(=O)[O-]. The van der Waals surface area contributed by atoms with Crippen molar-refractivity contribution >= 4 is 11.1 Å². The fourth-order valence-electron chi connectivity index (χ4n) is 0.901. The second-order valence-electron chi connectivity index (χ2n) is 3.34. The van der Waals surface area contributed by atoms with Crippen LogP contribution in [0.25, 0.3) is 0 Å². The smallest absolute Gasteiger partial charge is 0.0284 e. The summed E-state index contributed by atoms with van der Waals surface area (Å²) in [6.07, 6.45) is 5.87. The molecule has 13 heavy (non-hydrogen) atoms. The Bertz CT molecular complexity index is 225. The first kappa shape index (κ1) is 12.6. The average Bonchev–Trinajstić information content (AvgIpc) is 2.00. The van der Waals surface area contributed by atoms with Crippen molar-refractivity contribution in [2.45, 2.75) is 33.6 Å². The molecular formula is C10H17O2S-. The van der Waals surface area contributed by atoms with Crippen LogP contribution >= 0.6 is 0 Å². The van der Waals surface area contributed by atoms with Crippen molar-refractivity contribution in [2.24, 2.45) is 0 Å². The summed E-state index contributed by atoms with van der Waals surface area (Å²) < 4.78 is 20.5. The van der Waals surface area contributed by atoms with Crippen LogP contribution in [0.2, 0.25) is 0 Å². The van der Waals surface area contributed by atoms with Crippen LogP contribution in [-0.2, 0) is 11.1 Å². The van der Waals surface area contributed by atoms with Crippen molar-refractivity contribution in [1.82, 2.24) is 0 Å². The molecule has 0 spiro atoms. The molecule has 0 heterocycles. The Labute approximate surface area is 83.0 Å². The highest BCUT2D eigenvalue weighted by Gasteiger charge is 1.88. The lowest BCUT2D eigenvalue weighted by Gasteiger charge is -2.02. The Kier molecular flexibility index (Phi) is 6.82. The third-order valence-corrected chi connectivity index (χ3v) is 2.10. The Morgan fingerprint density at radius 3 is 2.38 bits per heavy atom. The topological polar surface area (TPSA) is 40.1 Å². The summed E-state index contributed by atoms with van der Waals surface area (Å²) in [5.74, 6) is 0.140. The number of rotatable bonds is 5. The van der Waals surface area contributed by atoms with Gasteiger partial charge in [0, 0.05) is 5.75 Å². The monoisotopic (exact) mass is 201 g/mol. The molecule has 3 heteroatoms. The molecule has 0 amide bonds. The molecule has 0 aromatic heterocycles. The Morgan fingerprint density at radius 1 is 1.31 bits per heavy atom. The maximum Gasteiger partial charge on any atom is 0.0284 e. The normalized spacial score (nSPS) is 14.0. The van der Waals surface area contributed by atoms with Crippen LogP contribution in [0.5, 0.6) is 0 Å². The lowest BCUT2D eigenvalue weighted by Crippen LogP contribution is -1.91. The van der Waals surface area contributed by atoms with Gasteiger partial charge < -0.3 is 4.55 Å². The molecule has 0 aliphatic carbocycles. The summed E-state index contributed by atoms with van der Waals surface area (Å²) >= 11 is -1.94. The molecule has 0 bridgehead atoms. The van der Waals surface area contributed by atoms with Crippen molar-refractivity contribution in [3.63, 3.8) is 0 Å². The van der Waals surface area contributed by atoms with Gasteiger partial charge in [0.05, 0.1) is 0 Å². The highest BCUT2D eigenvalue weighted by atomic mass is 32.2. The predicted molar refractivity (Wildman–Crippen MR) is 56.2 cm³/mol. The van der Waals surface area contributed by atoms with Gasteiger partial charge in [0.15, 0.2) is 0 Å². The van der Waals surface area contributed by atoms with Crippen LogP contribution in [0, 0.1) is 0 Å². The zero-order chi connectivity index (χ0) is 10.3. The van der Waals surface area contributed by atoms with Crippen LogP contribution in [0.1, 0.15) is 33.6 Å². The van der Waals surface area contributed by atoms with Crippen LogP contribution in [0.3, 0.4) is 0 Å². The van der Waals surface area contributed by atoms with E-state index in [0.717, 1.165) is 18.4 Å². The van der Waals surface area contributed by atoms with Crippen molar-refractivity contribution in [3.8, 4) is 0 Å². The number of hydrogen-bond acceptors (Lipinski definition) is 2. The first-order chi connectivity index (χ1) is 6.02. The van der Waals surface area contributed by atoms with E-state index in [2.05, 4.69) is 19.9 Å². The van der Waals surface area contributed by atoms with E-state index in [-0.39, 0.29) is 5.75 Å². The predicted octanol–water partition coefficient (Wildman–Crippen LogP) is 2.56. The summed E-state index contributed by atoms with van der Waals surface area (Å²) in [5.41, 5.74) is 2.45. The van der Waals surface area contributed by atoms with Gasteiger partial charge in [-0.1, -0.05) is 34.4 Å². The van der Waals surface area contributed by atoms with E-state index < -0.39 is 11.1 Å². The van der Waals surface area contributed by atoms with Gasteiger partial charge in [-0.2, -0.15) is 0 Å². The number of allylic oxidation sites excluding steroid dienone is 3. The van der Waals surface area contributed by atoms with Gasteiger partial charge in [-0.15, -0.1) is 0 Å². The quantitative estimate of drug-likeness (QED) is 0.506. The molecule has 0 aliphatic heterocycles. The molecule has 76 valence electrons. The Hall–Kier alpha value is -0.410. The molecule has 0 radical (unpaired) electrons. The molecule has 0 rings (SSSR count). The van der Waals surface area contributed by atoms with Gasteiger partial charge in [0.2, 0.25) is 0 Å². The largest absolute Gasteiger partial charge is 0.772 e. The van der Waals surface area contributed by atoms with Gasteiger partial charge >= 0.3 is 0 Å². The summed E-state index contributed by atoms with van der Waals surface area (Å²) in [6.45, 7) is 6.09. The molecule has 0 saturated carbocycles. The second-order valence-corrected chi connectivity index (χ2v) is 4.28. The van der Waals surface area contributed by atoms with Gasteiger partial charge in [-0.3, -0.25) is 4.21 Å². The van der Waals surface area contributed by atoms with E-state index in [1.807, 2.05) is 6.92 Å². The maximum atomic E-state index is 10.2. The lowest BCUT2D eigenvalue weighted by atomic mass is 10.1. The lowest BCUT2D eigenvalue weighted by molar-refractivity contribution is 0.540. The van der Waals surface area contributed by atoms with E-state index in [4.69, 9.17) is 0 Å². The van der Waals surface area contributed by atoms with E-state index in [0.29, 0.717) is 0 Å². The highest BCUT2D eigenvalue weighted by molar-refractivity contribution is 7.79. The standard InChI is InChI=1S/C10H18O2S/c1-9(2)5-4-6-10(3)7-8-13(11)12/h5,7H,4,6,8H2,1-3H3,(H,11,12)/p-1. The minimum Gasteiger partial charge on any atom is -0.772 e. The van der Waals surface area contributed by atoms with Crippen molar-refractivity contribution < 1.29 is 8.76 Å². The molecule has 0 N–H and O–H groups in total. The average molecular weight is 201 g/mol.